The number of hydrogen-bond acceptors (Lipinski definition) is 1. The van der Waals surface area contributed by atoms with Crippen molar-refractivity contribution in [2.75, 3.05) is 0 Å². The molecule has 1 nitrogen and oxygen atoms in total. The van der Waals surface area contributed by atoms with Gasteiger partial charge in [-0.15, -0.1) is 0 Å². The first kappa shape index (κ1) is 9.94. The Labute approximate surface area is 98.6 Å². The summed E-state index contributed by atoms with van der Waals surface area (Å²) in [6.45, 7) is 4.84. The standard InChI is InChI=1S/C15H24O/c1-7(2)10-3-8-4-11(10)14-9-5-12(15(8)14)13(16)6-9/h7-16H,3-6H2,1-2H3. The lowest BCUT2D eigenvalue weighted by atomic mass is 9.65. The van der Waals surface area contributed by atoms with Crippen LogP contribution in [0.5, 0.6) is 0 Å². The van der Waals surface area contributed by atoms with Crippen molar-refractivity contribution in [3.05, 3.63) is 0 Å². The Bertz CT molecular complexity index is 311. The van der Waals surface area contributed by atoms with Gasteiger partial charge in [-0.2, -0.15) is 0 Å². The predicted octanol–water partition coefficient (Wildman–Crippen LogP) is 2.93. The molecule has 0 radical (unpaired) electrons. The molecule has 4 aliphatic carbocycles. The molecule has 0 aromatic carbocycles. The van der Waals surface area contributed by atoms with Crippen molar-refractivity contribution >= 4 is 0 Å². The number of fused-ring (bicyclic) bond motifs is 9. The Kier molecular flexibility index (Phi) is 1.89. The van der Waals surface area contributed by atoms with E-state index in [2.05, 4.69) is 13.8 Å². The number of hydrogen-bond donors (Lipinski definition) is 1. The Morgan fingerprint density at radius 3 is 2.25 bits per heavy atom. The SMILES string of the molecule is CC(C)C1CC2CC1C1C3CC(O)C(C3)C21. The highest BCUT2D eigenvalue weighted by atomic mass is 16.3. The molecule has 0 aromatic heterocycles. The minimum Gasteiger partial charge on any atom is -0.393 e. The van der Waals surface area contributed by atoms with Crippen molar-refractivity contribution in [2.45, 2.75) is 45.6 Å². The van der Waals surface area contributed by atoms with Gasteiger partial charge >= 0.3 is 0 Å². The van der Waals surface area contributed by atoms with Gasteiger partial charge in [0, 0.05) is 0 Å². The van der Waals surface area contributed by atoms with E-state index in [9.17, 15) is 5.11 Å². The van der Waals surface area contributed by atoms with E-state index in [0.29, 0.717) is 5.92 Å². The van der Waals surface area contributed by atoms with Crippen LogP contribution in [0.4, 0.5) is 0 Å². The third-order valence-corrected chi connectivity index (χ3v) is 6.69. The summed E-state index contributed by atoms with van der Waals surface area (Å²) in [7, 11) is 0. The molecule has 1 N–H and O–H groups in total. The number of aliphatic hydroxyl groups excluding tert-OH is 1. The summed E-state index contributed by atoms with van der Waals surface area (Å²) in [4.78, 5) is 0. The summed E-state index contributed by atoms with van der Waals surface area (Å²) in [6, 6.07) is 0. The molecule has 4 aliphatic rings. The quantitative estimate of drug-likeness (QED) is 0.674. The number of aliphatic hydroxyl groups is 1. The summed E-state index contributed by atoms with van der Waals surface area (Å²) < 4.78 is 0. The normalized spacial score (nSPS) is 62.2. The van der Waals surface area contributed by atoms with E-state index < -0.39 is 0 Å². The van der Waals surface area contributed by atoms with Gasteiger partial charge in [0.05, 0.1) is 6.10 Å². The summed E-state index contributed by atoms with van der Waals surface area (Å²) in [5.41, 5.74) is 0. The average Bonchev–Trinajstić information content (AvgIpc) is 2.91. The van der Waals surface area contributed by atoms with Gasteiger partial charge in [0.15, 0.2) is 0 Å². The molecule has 8 unspecified atom stereocenters. The summed E-state index contributed by atoms with van der Waals surface area (Å²) in [5, 5.41) is 10.1. The molecule has 0 aromatic rings. The monoisotopic (exact) mass is 220 g/mol. The summed E-state index contributed by atoms with van der Waals surface area (Å²) >= 11 is 0. The minimum atomic E-state index is 0.0723. The second-order valence-electron chi connectivity index (χ2n) is 7.42. The molecule has 0 spiro atoms. The third-order valence-electron chi connectivity index (χ3n) is 6.69. The van der Waals surface area contributed by atoms with Crippen molar-refractivity contribution in [1.29, 1.82) is 0 Å². The van der Waals surface area contributed by atoms with E-state index in [4.69, 9.17) is 0 Å². The van der Waals surface area contributed by atoms with Crippen LogP contribution >= 0.6 is 0 Å². The Morgan fingerprint density at radius 2 is 1.50 bits per heavy atom. The first-order valence-corrected chi connectivity index (χ1v) is 7.35. The van der Waals surface area contributed by atoms with Gasteiger partial charge in [-0.3, -0.25) is 0 Å². The minimum absolute atomic E-state index is 0.0723. The molecule has 0 saturated heterocycles. The number of rotatable bonds is 1. The van der Waals surface area contributed by atoms with Gasteiger partial charge < -0.3 is 5.11 Å². The Balaban J connectivity index is 1.64. The molecule has 0 aliphatic heterocycles. The van der Waals surface area contributed by atoms with Gasteiger partial charge in [0.25, 0.3) is 0 Å². The van der Waals surface area contributed by atoms with Crippen LogP contribution in [0.2, 0.25) is 0 Å². The summed E-state index contributed by atoms with van der Waals surface area (Å²) in [6.07, 6.45) is 5.58. The molecule has 0 amide bonds. The smallest absolute Gasteiger partial charge is 0.0574 e. The van der Waals surface area contributed by atoms with Crippen molar-refractivity contribution < 1.29 is 5.11 Å². The van der Waals surface area contributed by atoms with Crippen LogP contribution in [0.3, 0.4) is 0 Å². The largest absolute Gasteiger partial charge is 0.393 e. The molecule has 16 heavy (non-hydrogen) atoms. The maximum Gasteiger partial charge on any atom is 0.0574 e. The highest BCUT2D eigenvalue weighted by Gasteiger charge is 2.64. The first-order valence-electron chi connectivity index (χ1n) is 7.35. The molecule has 0 heterocycles. The molecule has 8 atom stereocenters. The zero-order valence-electron chi connectivity index (χ0n) is 10.5. The van der Waals surface area contributed by atoms with E-state index in [0.717, 1.165) is 47.8 Å². The first-order chi connectivity index (χ1) is 7.66. The van der Waals surface area contributed by atoms with E-state index >= 15 is 0 Å². The molecule has 4 rings (SSSR count). The predicted molar refractivity (Wildman–Crippen MR) is 63.7 cm³/mol. The maximum atomic E-state index is 10.1. The van der Waals surface area contributed by atoms with Gasteiger partial charge in [-0.25, -0.2) is 0 Å². The topological polar surface area (TPSA) is 20.2 Å². The van der Waals surface area contributed by atoms with Crippen molar-refractivity contribution in [1.82, 2.24) is 0 Å². The lowest BCUT2D eigenvalue weighted by Gasteiger charge is -2.41. The van der Waals surface area contributed by atoms with Gasteiger partial charge in [0.2, 0.25) is 0 Å². The molecule has 4 bridgehead atoms. The maximum absolute atomic E-state index is 10.1. The molecule has 1 heteroatoms. The van der Waals surface area contributed by atoms with E-state index in [1.54, 1.807) is 0 Å². The van der Waals surface area contributed by atoms with Crippen LogP contribution in [0, 0.1) is 47.3 Å². The van der Waals surface area contributed by atoms with Crippen LogP contribution in [-0.4, -0.2) is 11.2 Å². The van der Waals surface area contributed by atoms with E-state index in [1.165, 1.54) is 19.3 Å². The Morgan fingerprint density at radius 1 is 0.875 bits per heavy atom. The molecular formula is C15H24O. The van der Waals surface area contributed by atoms with Crippen LogP contribution in [0.25, 0.3) is 0 Å². The van der Waals surface area contributed by atoms with E-state index in [-0.39, 0.29) is 6.10 Å². The molecule has 4 saturated carbocycles. The summed E-state index contributed by atoms with van der Waals surface area (Å²) in [5.74, 6) is 7.51. The van der Waals surface area contributed by atoms with Crippen molar-refractivity contribution in [3.63, 3.8) is 0 Å². The van der Waals surface area contributed by atoms with Gasteiger partial charge in [-0.05, 0) is 73.0 Å². The van der Waals surface area contributed by atoms with Crippen LogP contribution in [-0.2, 0) is 0 Å². The Hall–Kier alpha value is -0.0400. The average molecular weight is 220 g/mol. The third kappa shape index (κ3) is 1.02. The van der Waals surface area contributed by atoms with E-state index in [1.807, 2.05) is 0 Å². The highest BCUT2D eigenvalue weighted by Crippen LogP contribution is 2.69. The van der Waals surface area contributed by atoms with Crippen LogP contribution in [0.1, 0.15) is 39.5 Å². The van der Waals surface area contributed by atoms with Crippen LogP contribution in [0.15, 0.2) is 0 Å². The zero-order chi connectivity index (χ0) is 11.0. The fourth-order valence-electron chi connectivity index (χ4n) is 6.38. The van der Waals surface area contributed by atoms with Crippen molar-refractivity contribution in [3.8, 4) is 0 Å². The fourth-order valence-corrected chi connectivity index (χ4v) is 6.38. The van der Waals surface area contributed by atoms with Crippen molar-refractivity contribution in [2.24, 2.45) is 47.3 Å². The van der Waals surface area contributed by atoms with Crippen LogP contribution < -0.4 is 0 Å². The lowest BCUT2D eigenvalue weighted by Crippen LogP contribution is -2.38. The highest BCUT2D eigenvalue weighted by molar-refractivity contribution is 5.13. The molecule has 4 fully saturated rings. The zero-order valence-corrected chi connectivity index (χ0v) is 10.5. The second kappa shape index (κ2) is 3.04. The lowest BCUT2D eigenvalue weighted by molar-refractivity contribution is 0.00880. The van der Waals surface area contributed by atoms with Gasteiger partial charge in [-0.1, -0.05) is 13.8 Å². The second-order valence-corrected chi connectivity index (χ2v) is 7.42. The molecular weight excluding hydrogens is 196 g/mol. The fraction of sp³-hybridized carbons (Fsp3) is 1.00. The molecule has 90 valence electrons. The van der Waals surface area contributed by atoms with Gasteiger partial charge in [0.1, 0.15) is 0 Å².